The van der Waals surface area contributed by atoms with E-state index in [2.05, 4.69) is 10.1 Å². The minimum atomic E-state index is -0.776. The molecule has 1 aromatic rings. The van der Waals surface area contributed by atoms with Crippen molar-refractivity contribution in [3.63, 3.8) is 0 Å². The van der Waals surface area contributed by atoms with Crippen LogP contribution < -0.4 is 0 Å². The van der Waals surface area contributed by atoms with Crippen LogP contribution in [0, 0.1) is 0 Å². The molecule has 6 nitrogen and oxygen atoms in total. The highest BCUT2D eigenvalue weighted by molar-refractivity contribution is 5.73. The Morgan fingerprint density at radius 2 is 2.64 bits per heavy atom. The smallest absolute Gasteiger partial charge is 0.320 e. The fourth-order valence-corrected chi connectivity index (χ4v) is 1.73. The number of nitrogens with zero attached hydrogens (tertiary/aromatic N) is 3. The lowest BCUT2D eigenvalue weighted by atomic mass is 10.2. The van der Waals surface area contributed by atoms with Gasteiger partial charge in [0.1, 0.15) is 6.04 Å². The summed E-state index contributed by atoms with van der Waals surface area (Å²) in [6.45, 7) is 1.20. The van der Waals surface area contributed by atoms with Crippen molar-refractivity contribution >= 4 is 5.97 Å². The average molecular weight is 197 g/mol. The largest absolute Gasteiger partial charge is 0.480 e. The van der Waals surface area contributed by atoms with Crippen LogP contribution in [0.4, 0.5) is 0 Å². The molecule has 0 aliphatic carbocycles. The van der Waals surface area contributed by atoms with E-state index in [1.54, 1.807) is 0 Å². The Labute approximate surface area is 80.5 Å². The van der Waals surface area contributed by atoms with Gasteiger partial charge in [-0.3, -0.25) is 9.69 Å². The summed E-state index contributed by atoms with van der Waals surface area (Å²) in [5, 5.41) is 12.4. The van der Waals surface area contributed by atoms with Gasteiger partial charge in [0.2, 0.25) is 5.89 Å². The number of aromatic nitrogens is 2. The van der Waals surface area contributed by atoms with Gasteiger partial charge in [-0.25, -0.2) is 0 Å². The molecule has 1 aromatic heterocycles. The second-order valence-corrected chi connectivity index (χ2v) is 3.30. The van der Waals surface area contributed by atoms with Crippen molar-refractivity contribution < 1.29 is 14.4 Å². The Balaban J connectivity index is 2.00. The van der Waals surface area contributed by atoms with Gasteiger partial charge in [-0.2, -0.15) is 4.98 Å². The lowest BCUT2D eigenvalue weighted by Gasteiger charge is -2.18. The lowest BCUT2D eigenvalue weighted by Crippen LogP contribution is -2.35. The van der Waals surface area contributed by atoms with Crippen LogP contribution in [0.2, 0.25) is 0 Å². The average Bonchev–Trinajstić information content (AvgIpc) is 2.75. The molecular formula is C8H11N3O3. The first kappa shape index (κ1) is 9.14. The summed E-state index contributed by atoms with van der Waals surface area (Å²) in [4.78, 5) is 16.5. The minimum absolute atomic E-state index is 0.401. The molecule has 0 bridgehead atoms. The number of carboxylic acid groups (broad SMARTS) is 1. The summed E-state index contributed by atoms with van der Waals surface area (Å²) >= 11 is 0. The van der Waals surface area contributed by atoms with E-state index in [-0.39, 0.29) is 0 Å². The fraction of sp³-hybridized carbons (Fsp3) is 0.625. The van der Waals surface area contributed by atoms with Crippen LogP contribution in [0.1, 0.15) is 18.7 Å². The molecule has 76 valence electrons. The van der Waals surface area contributed by atoms with Crippen molar-refractivity contribution in [3.05, 3.63) is 12.2 Å². The fourth-order valence-electron chi connectivity index (χ4n) is 1.73. The maximum atomic E-state index is 10.8. The van der Waals surface area contributed by atoms with Crippen molar-refractivity contribution in [1.82, 2.24) is 15.0 Å². The van der Waals surface area contributed by atoms with Gasteiger partial charge in [0.25, 0.3) is 0 Å². The molecule has 2 rings (SSSR count). The SMILES string of the molecule is O=C(O)C1CCCN1Cc1ncno1. The molecule has 2 heterocycles. The van der Waals surface area contributed by atoms with Crippen molar-refractivity contribution in [3.8, 4) is 0 Å². The summed E-state index contributed by atoms with van der Waals surface area (Å²) in [5.74, 6) is -0.305. The third-order valence-electron chi connectivity index (χ3n) is 2.39. The first-order chi connectivity index (χ1) is 6.77. The van der Waals surface area contributed by atoms with Crippen LogP contribution in [0.5, 0.6) is 0 Å². The van der Waals surface area contributed by atoms with E-state index in [1.165, 1.54) is 6.33 Å². The number of aliphatic carboxylic acids is 1. The Hall–Kier alpha value is -1.43. The van der Waals surface area contributed by atoms with E-state index in [0.29, 0.717) is 18.9 Å². The van der Waals surface area contributed by atoms with Gasteiger partial charge >= 0.3 is 5.97 Å². The summed E-state index contributed by atoms with van der Waals surface area (Å²) in [5.41, 5.74) is 0. The molecule has 0 spiro atoms. The third-order valence-corrected chi connectivity index (χ3v) is 2.39. The van der Waals surface area contributed by atoms with Crippen molar-refractivity contribution in [2.24, 2.45) is 0 Å². The van der Waals surface area contributed by atoms with Gasteiger partial charge in [0.15, 0.2) is 6.33 Å². The molecule has 1 atom stereocenters. The van der Waals surface area contributed by atoms with E-state index >= 15 is 0 Å². The molecule has 1 aliphatic rings. The summed E-state index contributed by atoms with van der Waals surface area (Å²) in [6.07, 6.45) is 2.93. The van der Waals surface area contributed by atoms with Gasteiger partial charge in [0.05, 0.1) is 6.54 Å². The molecule has 1 N–H and O–H groups in total. The van der Waals surface area contributed by atoms with E-state index in [0.717, 1.165) is 13.0 Å². The quantitative estimate of drug-likeness (QED) is 0.741. The molecular weight excluding hydrogens is 186 g/mol. The molecule has 0 radical (unpaired) electrons. The van der Waals surface area contributed by atoms with Crippen LogP contribution in [-0.2, 0) is 11.3 Å². The number of hydrogen-bond donors (Lipinski definition) is 1. The van der Waals surface area contributed by atoms with E-state index < -0.39 is 12.0 Å². The van der Waals surface area contributed by atoms with Gasteiger partial charge in [-0.15, -0.1) is 0 Å². The zero-order chi connectivity index (χ0) is 9.97. The first-order valence-corrected chi connectivity index (χ1v) is 4.50. The summed E-state index contributed by atoms with van der Waals surface area (Å²) in [6, 6.07) is -0.401. The summed E-state index contributed by atoms with van der Waals surface area (Å²) in [7, 11) is 0. The normalized spacial score (nSPS) is 22.7. The zero-order valence-electron chi connectivity index (χ0n) is 7.59. The zero-order valence-corrected chi connectivity index (χ0v) is 7.59. The van der Waals surface area contributed by atoms with Crippen LogP contribution in [0.15, 0.2) is 10.9 Å². The number of likely N-dealkylation sites (tertiary alicyclic amines) is 1. The topological polar surface area (TPSA) is 79.5 Å². The highest BCUT2D eigenvalue weighted by Crippen LogP contribution is 2.19. The van der Waals surface area contributed by atoms with Crippen LogP contribution in [0.3, 0.4) is 0 Å². The van der Waals surface area contributed by atoms with Gasteiger partial charge in [-0.1, -0.05) is 5.16 Å². The Morgan fingerprint density at radius 3 is 3.29 bits per heavy atom. The molecule has 1 fully saturated rings. The number of rotatable bonds is 3. The first-order valence-electron chi connectivity index (χ1n) is 4.50. The number of hydrogen-bond acceptors (Lipinski definition) is 5. The molecule has 1 unspecified atom stereocenters. The second-order valence-electron chi connectivity index (χ2n) is 3.30. The number of carbonyl (C=O) groups is 1. The summed E-state index contributed by atoms with van der Waals surface area (Å²) < 4.78 is 4.83. The predicted molar refractivity (Wildman–Crippen MR) is 45.4 cm³/mol. The monoisotopic (exact) mass is 197 g/mol. The van der Waals surface area contributed by atoms with Crippen LogP contribution in [-0.4, -0.2) is 38.7 Å². The Bertz CT molecular complexity index is 312. The van der Waals surface area contributed by atoms with Gasteiger partial charge in [0, 0.05) is 0 Å². The van der Waals surface area contributed by atoms with Gasteiger partial charge < -0.3 is 9.63 Å². The maximum absolute atomic E-state index is 10.8. The second kappa shape index (κ2) is 3.75. The lowest BCUT2D eigenvalue weighted by molar-refractivity contribution is -0.142. The van der Waals surface area contributed by atoms with E-state index in [1.807, 2.05) is 4.90 Å². The van der Waals surface area contributed by atoms with Crippen molar-refractivity contribution in [1.29, 1.82) is 0 Å². The van der Waals surface area contributed by atoms with Gasteiger partial charge in [-0.05, 0) is 19.4 Å². The molecule has 0 amide bonds. The highest BCUT2D eigenvalue weighted by atomic mass is 16.5. The maximum Gasteiger partial charge on any atom is 0.320 e. The van der Waals surface area contributed by atoms with Crippen molar-refractivity contribution in [2.75, 3.05) is 6.54 Å². The molecule has 14 heavy (non-hydrogen) atoms. The van der Waals surface area contributed by atoms with Crippen LogP contribution in [0.25, 0.3) is 0 Å². The van der Waals surface area contributed by atoms with Crippen LogP contribution >= 0.6 is 0 Å². The van der Waals surface area contributed by atoms with E-state index in [4.69, 9.17) is 9.63 Å². The Morgan fingerprint density at radius 1 is 1.79 bits per heavy atom. The van der Waals surface area contributed by atoms with Crippen molar-refractivity contribution in [2.45, 2.75) is 25.4 Å². The molecule has 6 heteroatoms. The molecule has 1 saturated heterocycles. The highest BCUT2D eigenvalue weighted by Gasteiger charge is 2.31. The minimum Gasteiger partial charge on any atom is -0.480 e. The molecule has 1 aliphatic heterocycles. The molecule has 0 aromatic carbocycles. The standard InChI is InChI=1S/C8H11N3O3/c12-8(13)6-2-1-3-11(6)4-7-9-5-10-14-7/h5-6H,1-4H2,(H,12,13). The molecule has 0 saturated carbocycles. The Kier molecular flexibility index (Phi) is 2.45. The van der Waals surface area contributed by atoms with E-state index in [9.17, 15) is 4.79 Å². The predicted octanol–water partition coefficient (Wildman–Crippen LogP) is 0.119. The number of carboxylic acids is 1. The third kappa shape index (κ3) is 1.74.